The summed E-state index contributed by atoms with van der Waals surface area (Å²) in [6.45, 7) is 0. The number of ketones is 1. The number of fused-ring (bicyclic) bond motifs is 2. The van der Waals surface area contributed by atoms with E-state index in [1.807, 2.05) is 18.2 Å². The summed E-state index contributed by atoms with van der Waals surface area (Å²) in [7, 11) is 0. The number of halogens is 2. The molecule has 80 valence electrons. The van der Waals surface area contributed by atoms with Crippen LogP contribution in [0.2, 0.25) is 0 Å². The minimum atomic E-state index is 0.181. The van der Waals surface area contributed by atoms with Gasteiger partial charge in [-0.3, -0.25) is 4.79 Å². The number of carbonyl (C=O) groups is 1. The lowest BCUT2D eigenvalue weighted by atomic mass is 9.98. The molecule has 0 bridgehead atoms. The summed E-state index contributed by atoms with van der Waals surface area (Å²) in [5.41, 5.74) is 3.94. The van der Waals surface area contributed by atoms with Gasteiger partial charge in [0.25, 0.3) is 0 Å². The summed E-state index contributed by atoms with van der Waals surface area (Å²) < 4.78 is 0.957. The first-order chi connectivity index (χ1) is 7.66. The van der Waals surface area contributed by atoms with E-state index in [0.717, 1.165) is 33.2 Å². The summed E-state index contributed by atoms with van der Waals surface area (Å²) >= 11 is 6.93. The van der Waals surface area contributed by atoms with Crippen molar-refractivity contribution in [1.82, 2.24) is 0 Å². The molecule has 3 rings (SSSR count). The van der Waals surface area contributed by atoms with E-state index in [9.17, 15) is 4.79 Å². The van der Waals surface area contributed by atoms with Gasteiger partial charge in [0, 0.05) is 20.4 Å². The molecule has 0 amide bonds. The molecule has 1 nitrogen and oxygen atoms in total. The standard InChI is InChI=1S/C13H8Br2O/c14-7-1-3-9-10-4-2-8(15)6-12(10)13(16)11(9)5-7/h1-5,8H,6H2. The fourth-order valence-electron chi connectivity index (χ4n) is 2.24. The third-order valence-electron chi connectivity index (χ3n) is 2.99. The van der Waals surface area contributed by atoms with Gasteiger partial charge >= 0.3 is 0 Å². The van der Waals surface area contributed by atoms with Gasteiger partial charge in [-0.05, 0) is 29.7 Å². The number of benzene rings is 1. The third kappa shape index (κ3) is 1.45. The second kappa shape index (κ2) is 3.67. The van der Waals surface area contributed by atoms with Crippen molar-refractivity contribution < 1.29 is 4.79 Å². The zero-order chi connectivity index (χ0) is 11.3. The van der Waals surface area contributed by atoms with E-state index in [0.29, 0.717) is 0 Å². The molecule has 16 heavy (non-hydrogen) atoms. The Kier molecular flexibility index (Phi) is 2.41. The Morgan fingerprint density at radius 2 is 2.06 bits per heavy atom. The molecule has 1 unspecified atom stereocenters. The van der Waals surface area contributed by atoms with Gasteiger partial charge in [-0.15, -0.1) is 0 Å². The fourth-order valence-corrected chi connectivity index (χ4v) is 3.08. The molecule has 0 N–H and O–H groups in total. The van der Waals surface area contributed by atoms with Crippen LogP contribution >= 0.6 is 31.9 Å². The van der Waals surface area contributed by atoms with Gasteiger partial charge in [0.2, 0.25) is 0 Å². The van der Waals surface area contributed by atoms with Crippen LogP contribution in [0.15, 0.2) is 40.4 Å². The van der Waals surface area contributed by atoms with Crippen LogP contribution in [0.25, 0.3) is 5.57 Å². The van der Waals surface area contributed by atoms with Crippen molar-refractivity contribution in [1.29, 1.82) is 0 Å². The molecule has 0 aromatic heterocycles. The molecular formula is C13H8Br2O. The molecule has 1 aromatic rings. The van der Waals surface area contributed by atoms with E-state index in [1.54, 1.807) is 0 Å². The van der Waals surface area contributed by atoms with Crippen molar-refractivity contribution in [3.05, 3.63) is 51.5 Å². The molecule has 0 saturated heterocycles. The van der Waals surface area contributed by atoms with Gasteiger partial charge in [-0.2, -0.15) is 0 Å². The fraction of sp³-hybridized carbons (Fsp3) is 0.154. The van der Waals surface area contributed by atoms with E-state index in [4.69, 9.17) is 0 Å². The molecule has 0 aliphatic heterocycles. The lowest BCUT2D eigenvalue weighted by Crippen LogP contribution is -2.06. The largest absolute Gasteiger partial charge is 0.289 e. The predicted molar refractivity (Wildman–Crippen MR) is 71.9 cm³/mol. The first-order valence-corrected chi connectivity index (χ1v) is 6.78. The molecule has 2 aliphatic rings. The Labute approximate surface area is 110 Å². The molecule has 0 heterocycles. The highest BCUT2D eigenvalue weighted by atomic mass is 79.9. The van der Waals surface area contributed by atoms with E-state index in [2.05, 4.69) is 44.0 Å². The van der Waals surface area contributed by atoms with Crippen LogP contribution in [0.1, 0.15) is 22.3 Å². The number of hydrogen-bond donors (Lipinski definition) is 0. The predicted octanol–water partition coefficient (Wildman–Crippen LogP) is 4.12. The third-order valence-corrected chi connectivity index (χ3v) is 4.11. The van der Waals surface area contributed by atoms with Crippen LogP contribution < -0.4 is 0 Å². The van der Waals surface area contributed by atoms with Crippen molar-refractivity contribution in [3.63, 3.8) is 0 Å². The maximum Gasteiger partial charge on any atom is 0.190 e. The Bertz CT molecular complexity index is 555. The molecular weight excluding hydrogens is 332 g/mol. The average Bonchev–Trinajstić information content (AvgIpc) is 2.53. The van der Waals surface area contributed by atoms with Crippen LogP contribution in [-0.4, -0.2) is 10.6 Å². The molecule has 0 saturated carbocycles. The molecule has 0 spiro atoms. The normalized spacial score (nSPS) is 22.4. The summed E-state index contributed by atoms with van der Waals surface area (Å²) in [5.74, 6) is 0.181. The van der Waals surface area contributed by atoms with Crippen molar-refractivity contribution in [2.75, 3.05) is 0 Å². The smallest absolute Gasteiger partial charge is 0.190 e. The highest BCUT2D eigenvalue weighted by Crippen LogP contribution is 2.40. The Morgan fingerprint density at radius 1 is 1.25 bits per heavy atom. The van der Waals surface area contributed by atoms with E-state index >= 15 is 0 Å². The van der Waals surface area contributed by atoms with Gasteiger partial charge < -0.3 is 0 Å². The van der Waals surface area contributed by atoms with Gasteiger partial charge in [0.15, 0.2) is 5.78 Å². The zero-order valence-electron chi connectivity index (χ0n) is 8.34. The van der Waals surface area contributed by atoms with Gasteiger partial charge in [0.05, 0.1) is 0 Å². The monoisotopic (exact) mass is 338 g/mol. The van der Waals surface area contributed by atoms with Crippen molar-refractivity contribution in [3.8, 4) is 0 Å². The Morgan fingerprint density at radius 3 is 2.88 bits per heavy atom. The highest BCUT2D eigenvalue weighted by Gasteiger charge is 2.30. The van der Waals surface area contributed by atoms with Crippen LogP contribution in [0.4, 0.5) is 0 Å². The number of rotatable bonds is 0. The Hall–Kier alpha value is -0.670. The van der Waals surface area contributed by atoms with Crippen LogP contribution in [0.5, 0.6) is 0 Å². The second-order valence-electron chi connectivity index (χ2n) is 3.99. The molecule has 0 fully saturated rings. The van der Waals surface area contributed by atoms with Gasteiger partial charge in [-0.25, -0.2) is 0 Å². The van der Waals surface area contributed by atoms with Crippen LogP contribution in [0, 0.1) is 0 Å². The summed E-state index contributed by atoms with van der Waals surface area (Å²) in [6, 6.07) is 5.90. The number of alkyl halides is 1. The average molecular weight is 340 g/mol. The van der Waals surface area contributed by atoms with E-state index in [-0.39, 0.29) is 10.6 Å². The first kappa shape index (κ1) is 10.5. The number of carbonyl (C=O) groups excluding carboxylic acids is 1. The van der Waals surface area contributed by atoms with Crippen molar-refractivity contribution >= 4 is 43.2 Å². The maximum atomic E-state index is 12.2. The number of allylic oxidation sites excluding steroid dienone is 4. The molecule has 2 aliphatic carbocycles. The lowest BCUT2D eigenvalue weighted by molar-refractivity contribution is 0.103. The van der Waals surface area contributed by atoms with Crippen LogP contribution in [-0.2, 0) is 0 Å². The summed E-state index contributed by atoms with van der Waals surface area (Å²) in [5, 5.41) is 0. The lowest BCUT2D eigenvalue weighted by Gasteiger charge is -2.11. The molecule has 0 radical (unpaired) electrons. The minimum absolute atomic E-state index is 0.181. The van der Waals surface area contributed by atoms with Gasteiger partial charge in [-0.1, -0.05) is 50.1 Å². The van der Waals surface area contributed by atoms with Crippen molar-refractivity contribution in [2.24, 2.45) is 0 Å². The molecule has 1 aromatic carbocycles. The van der Waals surface area contributed by atoms with Gasteiger partial charge in [0.1, 0.15) is 0 Å². The minimum Gasteiger partial charge on any atom is -0.289 e. The Balaban J connectivity index is 2.19. The quantitative estimate of drug-likeness (QED) is 0.650. The molecule has 1 atom stereocenters. The van der Waals surface area contributed by atoms with Crippen molar-refractivity contribution in [2.45, 2.75) is 11.2 Å². The summed E-state index contributed by atoms with van der Waals surface area (Å²) in [6.07, 6.45) is 4.94. The highest BCUT2D eigenvalue weighted by molar-refractivity contribution is 9.10. The SMILES string of the molecule is O=C1C2=C(C=CC(Br)C2)c2ccc(Br)cc21. The topological polar surface area (TPSA) is 17.1 Å². The van der Waals surface area contributed by atoms with E-state index < -0.39 is 0 Å². The van der Waals surface area contributed by atoms with Crippen LogP contribution in [0.3, 0.4) is 0 Å². The second-order valence-corrected chi connectivity index (χ2v) is 6.08. The maximum absolute atomic E-state index is 12.2. The number of hydrogen-bond acceptors (Lipinski definition) is 1. The summed E-state index contributed by atoms with van der Waals surface area (Å²) in [4.78, 5) is 12.5. The van der Waals surface area contributed by atoms with E-state index in [1.165, 1.54) is 0 Å². The number of Topliss-reactive ketones (excluding diaryl/α,β-unsaturated/α-hetero) is 1. The first-order valence-electron chi connectivity index (χ1n) is 5.07. The molecule has 3 heteroatoms. The zero-order valence-corrected chi connectivity index (χ0v) is 11.5.